The molecule has 1 unspecified atom stereocenters. The first-order valence-electron chi connectivity index (χ1n) is 7.54. The highest BCUT2D eigenvalue weighted by Crippen LogP contribution is 2.22. The Morgan fingerprint density at radius 2 is 1.79 bits per heavy atom. The maximum absolute atomic E-state index is 12.2. The molecule has 1 aromatic rings. The molecule has 0 aromatic heterocycles. The van der Waals surface area contributed by atoms with Crippen LogP contribution in [-0.2, 0) is 9.59 Å². The summed E-state index contributed by atoms with van der Waals surface area (Å²) in [5.74, 6) is -2.54. The second-order valence-electron chi connectivity index (χ2n) is 5.38. The predicted molar refractivity (Wildman–Crippen MR) is 85.4 cm³/mol. The number of carboxylic acid groups (broad SMARTS) is 1. The van der Waals surface area contributed by atoms with Crippen LogP contribution in [0.3, 0.4) is 0 Å². The molecule has 7 nitrogen and oxygen atoms in total. The SMILES string of the molecule is C=CCCC(NC(=O)CCN1C(=O)c2ccccc2C1=O)C(=O)O. The fourth-order valence-electron chi connectivity index (χ4n) is 2.46. The Labute approximate surface area is 139 Å². The van der Waals surface area contributed by atoms with Crippen LogP contribution in [0.2, 0.25) is 0 Å². The highest BCUT2D eigenvalue weighted by molar-refractivity contribution is 6.21. The molecule has 0 spiro atoms. The molecule has 0 radical (unpaired) electrons. The molecule has 126 valence electrons. The van der Waals surface area contributed by atoms with Crippen LogP contribution in [0.4, 0.5) is 0 Å². The number of carbonyl (C=O) groups is 4. The minimum Gasteiger partial charge on any atom is -0.480 e. The number of fused-ring (bicyclic) bond motifs is 1. The third-order valence-electron chi connectivity index (χ3n) is 3.73. The average Bonchev–Trinajstić information content (AvgIpc) is 2.81. The van der Waals surface area contributed by atoms with Gasteiger partial charge in [0.2, 0.25) is 5.91 Å². The van der Waals surface area contributed by atoms with Crippen LogP contribution in [0.5, 0.6) is 0 Å². The van der Waals surface area contributed by atoms with Gasteiger partial charge in [-0.3, -0.25) is 19.3 Å². The fourth-order valence-corrected chi connectivity index (χ4v) is 2.46. The van der Waals surface area contributed by atoms with E-state index in [1.165, 1.54) is 0 Å². The van der Waals surface area contributed by atoms with Crippen LogP contribution in [0.25, 0.3) is 0 Å². The lowest BCUT2D eigenvalue weighted by molar-refractivity contribution is -0.142. The summed E-state index contributed by atoms with van der Waals surface area (Å²) in [6.07, 6.45) is 2.11. The number of amides is 3. The van der Waals surface area contributed by atoms with Crippen molar-refractivity contribution in [2.45, 2.75) is 25.3 Å². The molecule has 1 heterocycles. The van der Waals surface area contributed by atoms with E-state index in [2.05, 4.69) is 11.9 Å². The summed E-state index contributed by atoms with van der Waals surface area (Å²) in [5, 5.41) is 11.5. The molecular formula is C17H18N2O5. The van der Waals surface area contributed by atoms with Gasteiger partial charge in [0.1, 0.15) is 6.04 Å². The molecule has 3 amide bonds. The number of carboxylic acids is 1. The Morgan fingerprint density at radius 1 is 1.21 bits per heavy atom. The van der Waals surface area contributed by atoms with Crippen LogP contribution in [0.15, 0.2) is 36.9 Å². The molecule has 1 aliphatic heterocycles. The zero-order chi connectivity index (χ0) is 17.7. The van der Waals surface area contributed by atoms with Gasteiger partial charge in [0.05, 0.1) is 11.1 Å². The van der Waals surface area contributed by atoms with Crippen molar-refractivity contribution in [3.8, 4) is 0 Å². The van der Waals surface area contributed by atoms with E-state index >= 15 is 0 Å². The summed E-state index contributed by atoms with van der Waals surface area (Å²) in [6, 6.07) is 5.43. The van der Waals surface area contributed by atoms with Gasteiger partial charge in [-0.05, 0) is 25.0 Å². The molecule has 2 N–H and O–H groups in total. The van der Waals surface area contributed by atoms with Crippen LogP contribution < -0.4 is 5.32 Å². The fraction of sp³-hybridized carbons (Fsp3) is 0.294. The van der Waals surface area contributed by atoms with Crippen LogP contribution in [0, 0.1) is 0 Å². The van der Waals surface area contributed by atoms with Gasteiger partial charge < -0.3 is 10.4 Å². The van der Waals surface area contributed by atoms with Crippen LogP contribution in [-0.4, -0.2) is 46.3 Å². The number of hydrogen-bond acceptors (Lipinski definition) is 4. The Morgan fingerprint density at radius 3 is 2.29 bits per heavy atom. The number of nitrogens with one attached hydrogen (secondary N) is 1. The maximum Gasteiger partial charge on any atom is 0.326 e. The lowest BCUT2D eigenvalue weighted by Crippen LogP contribution is -2.42. The minimum atomic E-state index is -1.13. The van der Waals surface area contributed by atoms with E-state index in [-0.39, 0.29) is 19.4 Å². The van der Waals surface area contributed by atoms with E-state index in [4.69, 9.17) is 5.11 Å². The van der Waals surface area contributed by atoms with Crippen molar-refractivity contribution in [1.29, 1.82) is 0 Å². The third kappa shape index (κ3) is 3.68. The standard InChI is InChI=1S/C17H18N2O5/c1-2-3-8-13(17(23)24)18-14(20)9-10-19-15(21)11-6-4-5-7-12(11)16(19)22/h2,4-7,13H,1,3,8-10H2,(H,18,20)(H,23,24). The van der Waals surface area contributed by atoms with Gasteiger partial charge in [0.15, 0.2) is 0 Å². The Bertz CT molecular complexity index is 663. The second kappa shape index (κ2) is 7.54. The van der Waals surface area contributed by atoms with Crippen LogP contribution in [0.1, 0.15) is 40.0 Å². The smallest absolute Gasteiger partial charge is 0.326 e. The molecule has 0 aliphatic carbocycles. The summed E-state index contributed by atoms with van der Waals surface area (Å²) in [4.78, 5) is 48.3. The van der Waals surface area contributed by atoms with Crippen molar-refractivity contribution >= 4 is 23.7 Å². The predicted octanol–water partition coefficient (Wildman–Crippen LogP) is 1.21. The molecule has 7 heteroatoms. The first kappa shape index (κ1) is 17.4. The second-order valence-corrected chi connectivity index (χ2v) is 5.38. The van der Waals surface area contributed by atoms with E-state index in [0.29, 0.717) is 17.5 Å². The molecule has 1 aromatic carbocycles. The van der Waals surface area contributed by atoms with Gasteiger partial charge in [0, 0.05) is 13.0 Å². The van der Waals surface area contributed by atoms with Gasteiger partial charge in [0.25, 0.3) is 11.8 Å². The first-order chi connectivity index (χ1) is 11.5. The molecule has 24 heavy (non-hydrogen) atoms. The molecule has 0 bridgehead atoms. The molecule has 0 saturated carbocycles. The van der Waals surface area contributed by atoms with Crippen molar-refractivity contribution in [2.24, 2.45) is 0 Å². The monoisotopic (exact) mass is 330 g/mol. The maximum atomic E-state index is 12.2. The largest absolute Gasteiger partial charge is 0.480 e. The van der Waals surface area contributed by atoms with Crippen molar-refractivity contribution in [3.63, 3.8) is 0 Å². The highest BCUT2D eigenvalue weighted by atomic mass is 16.4. The van der Waals surface area contributed by atoms with Crippen molar-refractivity contribution in [3.05, 3.63) is 48.0 Å². The number of rotatable bonds is 8. The summed E-state index contributed by atoms with van der Waals surface area (Å²) >= 11 is 0. The van der Waals surface area contributed by atoms with E-state index in [1.807, 2.05) is 0 Å². The zero-order valence-electron chi connectivity index (χ0n) is 13.0. The summed E-state index contributed by atoms with van der Waals surface area (Å²) in [7, 11) is 0. The Balaban J connectivity index is 1.93. The average molecular weight is 330 g/mol. The summed E-state index contributed by atoms with van der Waals surface area (Å²) in [5.41, 5.74) is 0.634. The third-order valence-corrected chi connectivity index (χ3v) is 3.73. The van der Waals surface area contributed by atoms with E-state index in [9.17, 15) is 19.2 Å². The van der Waals surface area contributed by atoms with Gasteiger partial charge in [-0.2, -0.15) is 0 Å². The van der Waals surface area contributed by atoms with Crippen molar-refractivity contribution in [2.75, 3.05) is 6.54 Å². The Hall–Kier alpha value is -2.96. The molecular weight excluding hydrogens is 312 g/mol. The quantitative estimate of drug-likeness (QED) is 0.551. The first-order valence-corrected chi connectivity index (χ1v) is 7.54. The summed E-state index contributed by atoms with van der Waals surface area (Å²) < 4.78 is 0. The van der Waals surface area contributed by atoms with Crippen molar-refractivity contribution < 1.29 is 24.3 Å². The van der Waals surface area contributed by atoms with E-state index < -0.39 is 29.7 Å². The minimum absolute atomic E-state index is 0.0913. The number of imide groups is 1. The molecule has 0 fully saturated rings. The number of nitrogens with zero attached hydrogens (tertiary/aromatic N) is 1. The molecule has 1 aliphatic rings. The highest BCUT2D eigenvalue weighted by Gasteiger charge is 2.35. The van der Waals surface area contributed by atoms with Gasteiger partial charge >= 0.3 is 5.97 Å². The van der Waals surface area contributed by atoms with Gasteiger partial charge in [-0.1, -0.05) is 18.2 Å². The topological polar surface area (TPSA) is 104 Å². The lowest BCUT2D eigenvalue weighted by Gasteiger charge is -2.16. The van der Waals surface area contributed by atoms with E-state index in [0.717, 1.165) is 4.90 Å². The zero-order valence-corrected chi connectivity index (χ0v) is 13.0. The number of allylic oxidation sites excluding steroid dienone is 1. The van der Waals surface area contributed by atoms with Gasteiger partial charge in [-0.25, -0.2) is 4.79 Å². The normalized spacial score (nSPS) is 14.2. The number of aliphatic carboxylic acids is 1. The molecule has 1 atom stereocenters. The van der Waals surface area contributed by atoms with Crippen LogP contribution >= 0.6 is 0 Å². The Kier molecular flexibility index (Phi) is 5.47. The number of hydrogen-bond donors (Lipinski definition) is 2. The van der Waals surface area contributed by atoms with Gasteiger partial charge in [-0.15, -0.1) is 6.58 Å². The van der Waals surface area contributed by atoms with Crippen molar-refractivity contribution in [1.82, 2.24) is 10.2 Å². The number of benzene rings is 1. The molecule has 0 saturated heterocycles. The lowest BCUT2D eigenvalue weighted by atomic mass is 10.1. The molecule has 2 rings (SSSR count). The summed E-state index contributed by atoms with van der Waals surface area (Å²) in [6.45, 7) is 3.42. The number of carbonyl (C=O) groups excluding carboxylic acids is 3. The van der Waals surface area contributed by atoms with E-state index in [1.54, 1.807) is 30.3 Å².